The molecule has 1 fully saturated rings. The molecule has 1 aliphatic rings. The molecule has 1 heterocycles. The fourth-order valence-corrected chi connectivity index (χ4v) is 2.76. The summed E-state index contributed by atoms with van der Waals surface area (Å²) >= 11 is 0. The second kappa shape index (κ2) is 11.5. The molecule has 0 radical (unpaired) electrons. The lowest BCUT2D eigenvalue weighted by atomic mass is 9.89. The van der Waals surface area contributed by atoms with Crippen molar-refractivity contribution in [2.24, 2.45) is 10.9 Å². The van der Waals surface area contributed by atoms with E-state index in [-0.39, 0.29) is 30.1 Å². The van der Waals surface area contributed by atoms with Gasteiger partial charge in [0.1, 0.15) is 0 Å². The minimum atomic E-state index is 0. The lowest BCUT2D eigenvalue weighted by Gasteiger charge is -2.31. The van der Waals surface area contributed by atoms with Gasteiger partial charge in [-0.25, -0.2) is 0 Å². The van der Waals surface area contributed by atoms with E-state index in [1.807, 2.05) is 12.1 Å². The Labute approximate surface area is 156 Å². The fraction of sp³-hybridized carbons (Fsp3) is 0.500. The van der Waals surface area contributed by atoms with Crippen LogP contribution in [0.4, 0.5) is 0 Å². The number of ether oxygens (including phenoxy) is 1. The minimum absolute atomic E-state index is 0. The summed E-state index contributed by atoms with van der Waals surface area (Å²) in [5.74, 6) is 1.27. The van der Waals surface area contributed by atoms with E-state index in [2.05, 4.69) is 48.4 Å². The Hall–Kier alpha value is -1.08. The largest absolute Gasteiger partial charge is 0.373 e. The van der Waals surface area contributed by atoms with Crippen LogP contribution in [0.5, 0.6) is 0 Å². The highest BCUT2D eigenvalue weighted by atomic mass is 127. The van der Waals surface area contributed by atoms with Gasteiger partial charge in [-0.05, 0) is 25.3 Å². The average molecular weight is 429 g/mol. The number of guanidine groups is 1. The molecule has 0 spiro atoms. The number of aliphatic imine (C=N–C) groups is 1. The topological polar surface area (TPSA) is 45.7 Å². The van der Waals surface area contributed by atoms with Crippen LogP contribution in [0.3, 0.4) is 0 Å². The minimum Gasteiger partial charge on any atom is -0.373 e. The molecular formula is C18H28IN3O. The summed E-state index contributed by atoms with van der Waals surface area (Å²) in [6.45, 7) is 8.98. The molecule has 1 saturated heterocycles. The second-order valence-corrected chi connectivity index (χ2v) is 5.49. The number of nitrogens with one attached hydrogen (secondary N) is 2. The summed E-state index contributed by atoms with van der Waals surface area (Å²) in [6, 6.07) is 10.5. The van der Waals surface area contributed by atoms with E-state index in [1.54, 1.807) is 0 Å². The maximum Gasteiger partial charge on any atom is 0.191 e. The quantitative estimate of drug-likeness (QED) is 0.315. The van der Waals surface area contributed by atoms with Crippen molar-refractivity contribution >= 4 is 29.9 Å². The Bertz CT molecular complexity index is 478. The molecule has 0 aliphatic carbocycles. The van der Waals surface area contributed by atoms with Gasteiger partial charge in [0.25, 0.3) is 0 Å². The Balaban J connectivity index is 0.00000264. The molecule has 0 bridgehead atoms. The molecule has 2 rings (SSSR count). The van der Waals surface area contributed by atoms with E-state index in [1.165, 1.54) is 5.56 Å². The Morgan fingerprint density at radius 3 is 2.83 bits per heavy atom. The summed E-state index contributed by atoms with van der Waals surface area (Å²) in [5, 5.41) is 6.51. The van der Waals surface area contributed by atoms with Crippen LogP contribution in [0.1, 0.15) is 31.4 Å². The van der Waals surface area contributed by atoms with Crippen molar-refractivity contribution in [3.63, 3.8) is 0 Å². The molecule has 2 N–H and O–H groups in total. The lowest BCUT2D eigenvalue weighted by molar-refractivity contribution is -0.0250. The molecule has 128 valence electrons. The molecule has 0 aromatic heterocycles. The van der Waals surface area contributed by atoms with E-state index < -0.39 is 0 Å². The van der Waals surface area contributed by atoms with Gasteiger partial charge in [-0.2, -0.15) is 0 Å². The van der Waals surface area contributed by atoms with Crippen molar-refractivity contribution in [3.05, 3.63) is 48.6 Å². The first-order chi connectivity index (χ1) is 10.8. The van der Waals surface area contributed by atoms with Gasteiger partial charge in [0, 0.05) is 32.2 Å². The van der Waals surface area contributed by atoms with Crippen molar-refractivity contribution in [3.8, 4) is 0 Å². The van der Waals surface area contributed by atoms with E-state index in [0.717, 1.165) is 45.0 Å². The molecule has 2 atom stereocenters. The SMILES string of the molecule is C=CCNC(=NCC1CCCOC1c1ccccc1)NCC.I. The van der Waals surface area contributed by atoms with Crippen LogP contribution in [-0.2, 0) is 4.74 Å². The van der Waals surface area contributed by atoms with Crippen molar-refractivity contribution in [1.29, 1.82) is 0 Å². The monoisotopic (exact) mass is 429 g/mol. The highest BCUT2D eigenvalue weighted by Gasteiger charge is 2.27. The number of halogens is 1. The van der Waals surface area contributed by atoms with Crippen molar-refractivity contribution < 1.29 is 4.74 Å². The summed E-state index contributed by atoms with van der Waals surface area (Å²) in [4.78, 5) is 4.72. The summed E-state index contributed by atoms with van der Waals surface area (Å²) < 4.78 is 6.02. The van der Waals surface area contributed by atoms with Crippen molar-refractivity contribution in [2.45, 2.75) is 25.9 Å². The molecule has 23 heavy (non-hydrogen) atoms. The third-order valence-electron chi connectivity index (χ3n) is 3.81. The van der Waals surface area contributed by atoms with Gasteiger partial charge in [-0.1, -0.05) is 36.4 Å². The van der Waals surface area contributed by atoms with Crippen molar-refractivity contribution in [2.75, 3.05) is 26.2 Å². The molecule has 1 aromatic rings. The number of rotatable bonds is 6. The zero-order chi connectivity index (χ0) is 15.6. The molecule has 1 aliphatic heterocycles. The first-order valence-corrected chi connectivity index (χ1v) is 8.14. The van der Waals surface area contributed by atoms with Gasteiger partial charge < -0.3 is 15.4 Å². The van der Waals surface area contributed by atoms with Gasteiger partial charge in [0.05, 0.1) is 6.10 Å². The summed E-state index contributed by atoms with van der Waals surface area (Å²) in [7, 11) is 0. The number of nitrogens with zero attached hydrogens (tertiary/aromatic N) is 1. The standard InChI is InChI=1S/C18H27N3O.HI/c1-3-12-20-18(19-4-2)21-14-16-11-8-13-22-17(16)15-9-6-5-7-10-15;/h3,5-7,9-10,16-17H,1,4,8,11-14H2,2H3,(H2,19,20,21);1H. The smallest absolute Gasteiger partial charge is 0.191 e. The first-order valence-electron chi connectivity index (χ1n) is 8.14. The van der Waals surface area contributed by atoms with Gasteiger partial charge in [-0.15, -0.1) is 30.6 Å². The highest BCUT2D eigenvalue weighted by Crippen LogP contribution is 2.33. The average Bonchev–Trinajstić information content (AvgIpc) is 2.58. The number of benzene rings is 1. The van der Waals surface area contributed by atoms with E-state index in [9.17, 15) is 0 Å². The zero-order valence-corrected chi connectivity index (χ0v) is 16.2. The Morgan fingerprint density at radius 2 is 2.13 bits per heavy atom. The molecule has 2 unspecified atom stereocenters. The molecule has 5 heteroatoms. The van der Waals surface area contributed by atoms with Crippen LogP contribution in [0, 0.1) is 5.92 Å². The highest BCUT2D eigenvalue weighted by molar-refractivity contribution is 14.0. The summed E-state index contributed by atoms with van der Waals surface area (Å²) in [5.41, 5.74) is 1.26. The van der Waals surface area contributed by atoms with Gasteiger partial charge >= 0.3 is 0 Å². The predicted octanol–water partition coefficient (Wildman–Crippen LogP) is 3.51. The number of hydrogen-bond donors (Lipinski definition) is 2. The third kappa shape index (κ3) is 6.51. The Kier molecular flexibility index (Phi) is 9.94. The van der Waals surface area contributed by atoms with Gasteiger partial charge in [0.2, 0.25) is 0 Å². The zero-order valence-electron chi connectivity index (χ0n) is 13.8. The lowest BCUT2D eigenvalue weighted by Crippen LogP contribution is -2.38. The molecule has 0 amide bonds. The molecule has 4 nitrogen and oxygen atoms in total. The van der Waals surface area contributed by atoms with Crippen LogP contribution < -0.4 is 10.6 Å². The Morgan fingerprint density at radius 1 is 1.35 bits per heavy atom. The molecule has 1 aromatic carbocycles. The van der Waals surface area contributed by atoms with Crippen molar-refractivity contribution in [1.82, 2.24) is 10.6 Å². The van der Waals surface area contributed by atoms with E-state index in [0.29, 0.717) is 5.92 Å². The number of hydrogen-bond acceptors (Lipinski definition) is 2. The molecule has 0 saturated carbocycles. The maximum absolute atomic E-state index is 6.02. The molecular weight excluding hydrogens is 401 g/mol. The predicted molar refractivity (Wildman–Crippen MR) is 107 cm³/mol. The fourth-order valence-electron chi connectivity index (χ4n) is 2.76. The van der Waals surface area contributed by atoms with Crippen LogP contribution >= 0.6 is 24.0 Å². The first kappa shape index (κ1) is 20.0. The third-order valence-corrected chi connectivity index (χ3v) is 3.81. The van der Waals surface area contributed by atoms with Crippen LogP contribution in [0.2, 0.25) is 0 Å². The normalized spacial score (nSPS) is 21.2. The summed E-state index contributed by atoms with van der Waals surface area (Å²) in [6.07, 6.45) is 4.26. The maximum atomic E-state index is 6.02. The van der Waals surface area contributed by atoms with Crippen LogP contribution in [-0.4, -0.2) is 32.2 Å². The van der Waals surface area contributed by atoms with Gasteiger partial charge in [0.15, 0.2) is 5.96 Å². The van der Waals surface area contributed by atoms with E-state index in [4.69, 9.17) is 9.73 Å². The van der Waals surface area contributed by atoms with Crippen LogP contribution in [0.15, 0.2) is 48.0 Å². The van der Waals surface area contributed by atoms with E-state index >= 15 is 0 Å². The van der Waals surface area contributed by atoms with Crippen LogP contribution in [0.25, 0.3) is 0 Å². The second-order valence-electron chi connectivity index (χ2n) is 5.49. The van der Waals surface area contributed by atoms with Gasteiger partial charge in [-0.3, -0.25) is 4.99 Å².